The Hall–Kier alpha value is -0.420. The molecule has 0 bridgehead atoms. The monoisotopic (exact) mass is 398 g/mol. The van der Waals surface area contributed by atoms with Crippen LogP contribution in [0.4, 0.5) is 0 Å². The highest BCUT2D eigenvalue weighted by Crippen LogP contribution is 2.13. The molecular weight excluding hydrogens is 344 g/mol. The number of hydrogen-bond donors (Lipinski definition) is 0. The topological polar surface area (TPSA) is 13.0 Å². The minimum absolute atomic E-state index is 0.978. The van der Waals surface area contributed by atoms with Crippen LogP contribution in [0.2, 0.25) is 0 Å². The van der Waals surface area contributed by atoms with Gasteiger partial charge in [-0.15, -0.1) is 0 Å². The molecule has 0 atom stereocenters. The van der Waals surface area contributed by atoms with Crippen molar-refractivity contribution >= 4 is 0 Å². The van der Waals surface area contributed by atoms with Gasteiger partial charge in [0.25, 0.3) is 0 Å². The highest BCUT2D eigenvalue weighted by atomic mass is 15.2. The van der Waals surface area contributed by atoms with E-state index in [-0.39, 0.29) is 0 Å². The van der Waals surface area contributed by atoms with Gasteiger partial charge in [-0.1, -0.05) is 46.3 Å². The van der Waals surface area contributed by atoms with Gasteiger partial charge in [0.05, 0.1) is 0 Å². The third kappa shape index (κ3) is 17.7. The fourth-order valence-electron chi connectivity index (χ4n) is 2.92. The molecule has 0 amide bonds. The van der Waals surface area contributed by atoms with Crippen LogP contribution in [0.1, 0.15) is 60.8 Å². The second kappa shape index (κ2) is 19.9. The highest BCUT2D eigenvalue weighted by Gasteiger charge is 2.10. The van der Waals surface area contributed by atoms with Crippen molar-refractivity contribution < 1.29 is 0 Å². The van der Waals surface area contributed by atoms with Crippen LogP contribution in [0.3, 0.4) is 0 Å². The lowest BCUT2D eigenvalue weighted by atomic mass is 10.00. The van der Waals surface area contributed by atoms with Gasteiger partial charge in [-0.2, -0.15) is 0 Å². The van der Waals surface area contributed by atoms with E-state index in [4.69, 9.17) is 0 Å². The molecule has 28 heavy (non-hydrogen) atoms. The molecule has 0 unspecified atom stereocenters. The molecule has 0 aromatic rings. The average molecular weight is 399 g/mol. The number of piperidine rings is 1. The second-order valence-electron chi connectivity index (χ2n) is 8.16. The van der Waals surface area contributed by atoms with Crippen LogP contribution in [-0.2, 0) is 0 Å². The van der Waals surface area contributed by atoms with Crippen molar-refractivity contribution in [2.75, 3.05) is 80.5 Å². The summed E-state index contributed by atoms with van der Waals surface area (Å²) >= 11 is 0. The molecule has 170 valence electrons. The van der Waals surface area contributed by atoms with E-state index in [1.807, 2.05) is 27.7 Å². The summed E-state index contributed by atoms with van der Waals surface area (Å²) in [6, 6.07) is 0. The molecule has 2 fully saturated rings. The van der Waals surface area contributed by atoms with Gasteiger partial charge in [0, 0.05) is 39.3 Å². The Bertz CT molecular complexity index is 301. The Morgan fingerprint density at radius 2 is 1.04 bits per heavy atom. The molecule has 0 aromatic carbocycles. The Kier molecular flexibility index (Phi) is 21.1. The van der Waals surface area contributed by atoms with Crippen molar-refractivity contribution in [2.45, 2.75) is 60.8 Å². The van der Waals surface area contributed by atoms with Crippen LogP contribution >= 0.6 is 0 Å². The number of likely N-dealkylation sites (N-methyl/N-ethyl adjacent to an activating group) is 3. The summed E-state index contributed by atoms with van der Waals surface area (Å²) in [4.78, 5) is 9.45. The summed E-state index contributed by atoms with van der Waals surface area (Å²) in [5.74, 6) is 0.978. The molecule has 4 heteroatoms. The Labute approximate surface area is 178 Å². The third-order valence-corrected chi connectivity index (χ3v) is 5.37. The normalized spacial score (nSPS) is 22.0. The van der Waals surface area contributed by atoms with Crippen molar-refractivity contribution in [3.05, 3.63) is 11.6 Å². The van der Waals surface area contributed by atoms with Crippen molar-refractivity contribution in [1.29, 1.82) is 0 Å². The van der Waals surface area contributed by atoms with Gasteiger partial charge in [0.1, 0.15) is 0 Å². The molecule has 0 N–H and O–H groups in total. The maximum absolute atomic E-state index is 2.40. The van der Waals surface area contributed by atoms with E-state index in [1.165, 1.54) is 65.1 Å². The number of hydrogen-bond acceptors (Lipinski definition) is 4. The molecule has 3 aliphatic heterocycles. The fourth-order valence-corrected chi connectivity index (χ4v) is 2.92. The molecule has 0 aliphatic carbocycles. The number of nitrogens with zero attached hydrogens (tertiary/aromatic N) is 4. The van der Waals surface area contributed by atoms with Gasteiger partial charge in [-0.25, -0.2) is 0 Å². The zero-order chi connectivity index (χ0) is 21.9. The van der Waals surface area contributed by atoms with Crippen LogP contribution in [0.15, 0.2) is 11.6 Å². The summed E-state index contributed by atoms with van der Waals surface area (Å²) in [6.45, 7) is 22.5. The average Bonchev–Trinajstić information content (AvgIpc) is 2.73. The van der Waals surface area contributed by atoms with Crippen LogP contribution < -0.4 is 0 Å². The Morgan fingerprint density at radius 3 is 1.32 bits per heavy atom. The molecule has 3 heterocycles. The molecule has 2 saturated heterocycles. The second-order valence-corrected chi connectivity index (χ2v) is 8.16. The summed E-state index contributed by atoms with van der Waals surface area (Å²) in [6.07, 6.45) is 6.35. The summed E-state index contributed by atoms with van der Waals surface area (Å²) < 4.78 is 0. The maximum Gasteiger partial charge on any atom is 0.0162 e. The van der Waals surface area contributed by atoms with Crippen molar-refractivity contribution in [2.24, 2.45) is 5.92 Å². The van der Waals surface area contributed by atoms with Crippen molar-refractivity contribution in [3.63, 3.8) is 0 Å². The van der Waals surface area contributed by atoms with Crippen molar-refractivity contribution in [1.82, 2.24) is 19.6 Å². The SMILES string of the molecule is CC.CC.CC1=CCN(C)CC1.CC1CCN(C)CC1.CN1CCN(C)CC1. The lowest BCUT2D eigenvalue weighted by Gasteiger charge is -2.28. The van der Waals surface area contributed by atoms with E-state index < -0.39 is 0 Å². The van der Waals surface area contributed by atoms with E-state index >= 15 is 0 Å². The van der Waals surface area contributed by atoms with Gasteiger partial charge in [0.15, 0.2) is 0 Å². The zero-order valence-corrected chi connectivity index (χ0v) is 21.2. The molecule has 4 nitrogen and oxygen atoms in total. The first-order chi connectivity index (χ1) is 13.4. The number of piperazine rings is 1. The minimum Gasteiger partial charge on any atom is -0.306 e. The van der Waals surface area contributed by atoms with Gasteiger partial charge in [-0.05, 0) is 73.4 Å². The number of likely N-dealkylation sites (tertiary alicyclic amines) is 1. The number of rotatable bonds is 0. The van der Waals surface area contributed by atoms with Gasteiger partial charge in [0.2, 0.25) is 0 Å². The molecular formula is C24H54N4. The van der Waals surface area contributed by atoms with Gasteiger partial charge >= 0.3 is 0 Å². The lowest BCUT2D eigenvalue weighted by Crippen LogP contribution is -2.42. The van der Waals surface area contributed by atoms with Crippen LogP contribution in [0, 0.1) is 5.92 Å². The third-order valence-electron chi connectivity index (χ3n) is 5.37. The molecule has 0 radical (unpaired) electrons. The summed E-state index contributed by atoms with van der Waals surface area (Å²) in [7, 11) is 8.70. The fraction of sp³-hybridized carbons (Fsp3) is 0.917. The molecule has 0 aromatic heterocycles. The smallest absolute Gasteiger partial charge is 0.0162 e. The zero-order valence-electron chi connectivity index (χ0n) is 21.2. The molecule has 3 rings (SSSR count). The van der Waals surface area contributed by atoms with E-state index in [1.54, 1.807) is 5.57 Å². The Balaban J connectivity index is 0. The van der Waals surface area contributed by atoms with E-state index in [9.17, 15) is 0 Å². The van der Waals surface area contributed by atoms with Crippen LogP contribution in [-0.4, -0.2) is 100 Å². The quantitative estimate of drug-likeness (QED) is 0.556. The molecule has 0 spiro atoms. The van der Waals surface area contributed by atoms with Crippen molar-refractivity contribution in [3.8, 4) is 0 Å². The Morgan fingerprint density at radius 1 is 0.643 bits per heavy atom. The van der Waals surface area contributed by atoms with E-state index in [0.29, 0.717) is 0 Å². The van der Waals surface area contributed by atoms with Crippen LogP contribution in [0.25, 0.3) is 0 Å². The predicted molar refractivity (Wildman–Crippen MR) is 129 cm³/mol. The van der Waals surface area contributed by atoms with E-state index in [2.05, 4.69) is 67.7 Å². The predicted octanol–water partition coefficient (Wildman–Crippen LogP) is 4.53. The van der Waals surface area contributed by atoms with E-state index in [0.717, 1.165) is 12.5 Å². The first kappa shape index (κ1) is 29.8. The largest absolute Gasteiger partial charge is 0.306 e. The lowest BCUT2D eigenvalue weighted by molar-refractivity contribution is 0.181. The van der Waals surface area contributed by atoms with Gasteiger partial charge < -0.3 is 19.6 Å². The van der Waals surface area contributed by atoms with Gasteiger partial charge in [-0.3, -0.25) is 0 Å². The standard InChI is InChI=1S/C7H15N.C7H13N.C6H14N2.2C2H6/c3*1-7-3-5-8(2)6-4-7;2*1-2/h7H,3-6H2,1-2H3;3H,4-6H2,1-2H3;3-6H2,1-2H3;2*1-2H3. The summed E-state index contributed by atoms with van der Waals surface area (Å²) in [5, 5.41) is 0. The summed E-state index contributed by atoms with van der Waals surface area (Å²) in [5.41, 5.74) is 1.54. The first-order valence-corrected chi connectivity index (χ1v) is 11.8. The first-order valence-electron chi connectivity index (χ1n) is 11.8. The van der Waals surface area contributed by atoms with Crippen LogP contribution in [0.5, 0.6) is 0 Å². The maximum atomic E-state index is 2.40. The minimum atomic E-state index is 0.978. The molecule has 3 aliphatic rings. The highest BCUT2D eigenvalue weighted by molar-refractivity contribution is 5.02. The molecule has 0 saturated carbocycles.